The number of nitrogens with one attached hydrogen (secondary N) is 1. The summed E-state index contributed by atoms with van der Waals surface area (Å²) in [5.74, 6) is -0.146. The molecule has 2 fully saturated rings. The molecule has 3 rings (SSSR count). The quantitative estimate of drug-likeness (QED) is 0.849. The molecule has 4 nitrogen and oxygen atoms in total. The van der Waals surface area contributed by atoms with Crippen LogP contribution in [0.15, 0.2) is 28.7 Å². The van der Waals surface area contributed by atoms with Crippen molar-refractivity contribution < 1.29 is 9.53 Å². The van der Waals surface area contributed by atoms with E-state index in [4.69, 9.17) is 4.74 Å². The van der Waals surface area contributed by atoms with Gasteiger partial charge in [-0.25, -0.2) is 4.79 Å². The summed E-state index contributed by atoms with van der Waals surface area (Å²) in [4.78, 5) is 14.9. The third-order valence-electron chi connectivity index (χ3n) is 4.94. The van der Waals surface area contributed by atoms with E-state index in [1.54, 1.807) is 0 Å². The normalized spacial score (nSPS) is 32.0. The van der Waals surface area contributed by atoms with Gasteiger partial charge < -0.3 is 15.0 Å². The molecule has 2 aliphatic heterocycles. The van der Waals surface area contributed by atoms with Crippen LogP contribution in [0.1, 0.15) is 25.7 Å². The van der Waals surface area contributed by atoms with Crippen LogP contribution in [-0.4, -0.2) is 42.6 Å². The van der Waals surface area contributed by atoms with Gasteiger partial charge in [0.15, 0.2) is 0 Å². The van der Waals surface area contributed by atoms with Gasteiger partial charge in [-0.15, -0.1) is 0 Å². The molecule has 0 saturated carbocycles. The number of nitrogens with zero attached hydrogens (tertiary/aromatic N) is 1. The number of piperidine rings is 1. The molecule has 2 unspecified atom stereocenters. The number of methoxy groups -OCH3 is 1. The molecule has 21 heavy (non-hydrogen) atoms. The molecule has 1 N–H and O–H groups in total. The van der Waals surface area contributed by atoms with Gasteiger partial charge in [0, 0.05) is 22.2 Å². The van der Waals surface area contributed by atoms with E-state index in [1.807, 2.05) is 24.3 Å². The fourth-order valence-electron chi connectivity index (χ4n) is 3.83. The fourth-order valence-corrected chi connectivity index (χ4v) is 4.23. The molecule has 2 bridgehead atoms. The van der Waals surface area contributed by atoms with Gasteiger partial charge in [-0.2, -0.15) is 0 Å². The van der Waals surface area contributed by atoms with Gasteiger partial charge in [-0.3, -0.25) is 0 Å². The van der Waals surface area contributed by atoms with E-state index in [1.165, 1.54) is 20.0 Å². The fraction of sp³-hybridized carbons (Fsp3) is 0.562. The minimum atomic E-state index is -0.603. The Kier molecular flexibility index (Phi) is 3.97. The number of hydrogen-bond donors (Lipinski definition) is 1. The largest absolute Gasteiger partial charge is 0.467 e. The number of rotatable bonds is 3. The van der Waals surface area contributed by atoms with E-state index >= 15 is 0 Å². The van der Waals surface area contributed by atoms with Gasteiger partial charge in [0.25, 0.3) is 0 Å². The molecule has 0 radical (unpaired) electrons. The number of ether oxygens (including phenoxy) is 1. The highest BCUT2D eigenvalue weighted by Gasteiger charge is 2.51. The van der Waals surface area contributed by atoms with E-state index < -0.39 is 5.54 Å². The molecule has 1 aromatic carbocycles. The highest BCUT2D eigenvalue weighted by Crippen LogP contribution is 2.42. The summed E-state index contributed by atoms with van der Waals surface area (Å²) in [6.07, 6.45) is 3.94. The summed E-state index contributed by atoms with van der Waals surface area (Å²) in [5.41, 5.74) is 0.354. The summed E-state index contributed by atoms with van der Waals surface area (Å²) in [7, 11) is 3.65. The van der Waals surface area contributed by atoms with Crippen molar-refractivity contribution in [2.75, 3.05) is 19.5 Å². The average Bonchev–Trinajstić information content (AvgIpc) is 2.69. The lowest BCUT2D eigenvalue weighted by atomic mass is 9.82. The molecule has 114 valence electrons. The first kappa shape index (κ1) is 14.9. The Labute approximate surface area is 134 Å². The maximum atomic E-state index is 12.5. The summed E-state index contributed by atoms with van der Waals surface area (Å²) < 4.78 is 6.13. The van der Waals surface area contributed by atoms with Crippen LogP contribution < -0.4 is 5.32 Å². The molecular formula is C16H21BrN2O2. The Bertz CT molecular complexity index is 535. The molecule has 2 atom stereocenters. The molecule has 5 heteroatoms. The third-order valence-corrected chi connectivity index (χ3v) is 5.43. The lowest BCUT2D eigenvalue weighted by Crippen LogP contribution is -2.58. The highest BCUT2D eigenvalue weighted by atomic mass is 79.9. The van der Waals surface area contributed by atoms with Crippen LogP contribution in [0.5, 0.6) is 0 Å². The zero-order chi connectivity index (χ0) is 15.0. The molecule has 1 aromatic rings. The van der Waals surface area contributed by atoms with E-state index in [0.29, 0.717) is 12.1 Å². The Morgan fingerprint density at radius 2 is 2.05 bits per heavy atom. The standard InChI is InChI=1S/C16H21BrN2O2/c1-19-13-6-7-14(19)10-16(9-13,15(20)21-2)18-12-5-3-4-11(17)8-12/h3-5,8,13-14,18H,6-7,9-10H2,1-2H3. The lowest BCUT2D eigenvalue weighted by Gasteiger charge is -2.44. The number of anilines is 1. The number of hydrogen-bond acceptors (Lipinski definition) is 4. The van der Waals surface area contributed by atoms with Crippen LogP contribution in [0.2, 0.25) is 0 Å². The minimum Gasteiger partial charge on any atom is -0.467 e. The number of halogens is 1. The molecule has 0 spiro atoms. The van der Waals surface area contributed by atoms with Crippen LogP contribution in [0, 0.1) is 0 Å². The Morgan fingerprint density at radius 3 is 2.62 bits per heavy atom. The summed E-state index contributed by atoms with van der Waals surface area (Å²) in [6, 6.07) is 8.88. The average molecular weight is 353 g/mol. The van der Waals surface area contributed by atoms with E-state index in [-0.39, 0.29) is 5.97 Å². The Hall–Kier alpha value is -1.07. The maximum Gasteiger partial charge on any atom is 0.331 e. The van der Waals surface area contributed by atoms with Gasteiger partial charge in [0.2, 0.25) is 0 Å². The summed E-state index contributed by atoms with van der Waals surface area (Å²) in [6.45, 7) is 0. The first-order valence-electron chi connectivity index (χ1n) is 7.38. The molecule has 0 aliphatic carbocycles. The number of carbonyl (C=O) groups excluding carboxylic acids is 1. The second-order valence-electron chi connectivity index (χ2n) is 6.17. The first-order valence-corrected chi connectivity index (χ1v) is 8.17. The van der Waals surface area contributed by atoms with Gasteiger partial charge in [-0.05, 0) is 50.9 Å². The van der Waals surface area contributed by atoms with Crippen LogP contribution in [0.3, 0.4) is 0 Å². The number of carbonyl (C=O) groups is 1. The van der Waals surface area contributed by atoms with Crippen molar-refractivity contribution in [1.29, 1.82) is 0 Å². The van der Waals surface area contributed by atoms with Gasteiger partial charge >= 0.3 is 5.97 Å². The third kappa shape index (κ3) is 2.69. The monoisotopic (exact) mass is 352 g/mol. The van der Waals surface area contributed by atoms with Crippen molar-refractivity contribution in [1.82, 2.24) is 4.90 Å². The van der Waals surface area contributed by atoms with Gasteiger partial charge in [0.05, 0.1) is 7.11 Å². The van der Waals surface area contributed by atoms with Gasteiger partial charge in [-0.1, -0.05) is 22.0 Å². The Morgan fingerprint density at radius 1 is 1.38 bits per heavy atom. The molecular weight excluding hydrogens is 332 g/mol. The zero-order valence-electron chi connectivity index (χ0n) is 12.4. The molecule has 2 saturated heterocycles. The second kappa shape index (κ2) is 5.61. The molecule has 2 aliphatic rings. The maximum absolute atomic E-state index is 12.5. The second-order valence-corrected chi connectivity index (χ2v) is 7.08. The van der Waals surface area contributed by atoms with Crippen molar-refractivity contribution >= 4 is 27.6 Å². The van der Waals surface area contributed by atoms with Crippen LogP contribution >= 0.6 is 15.9 Å². The summed E-state index contributed by atoms with van der Waals surface area (Å²) >= 11 is 3.48. The first-order chi connectivity index (χ1) is 10.0. The van der Waals surface area contributed by atoms with Gasteiger partial charge in [0.1, 0.15) is 5.54 Å². The smallest absolute Gasteiger partial charge is 0.331 e. The summed E-state index contributed by atoms with van der Waals surface area (Å²) in [5, 5.41) is 3.48. The van der Waals surface area contributed by atoms with Crippen molar-refractivity contribution in [2.45, 2.75) is 43.3 Å². The zero-order valence-corrected chi connectivity index (χ0v) is 14.0. The predicted molar refractivity (Wildman–Crippen MR) is 86.3 cm³/mol. The van der Waals surface area contributed by atoms with Crippen LogP contribution in [0.4, 0.5) is 5.69 Å². The highest BCUT2D eigenvalue weighted by molar-refractivity contribution is 9.10. The van der Waals surface area contributed by atoms with Crippen LogP contribution in [-0.2, 0) is 9.53 Å². The predicted octanol–water partition coefficient (Wildman–Crippen LogP) is 3.03. The van der Waals surface area contributed by atoms with Crippen molar-refractivity contribution in [3.8, 4) is 0 Å². The van der Waals surface area contributed by atoms with E-state index in [0.717, 1.165) is 23.0 Å². The van der Waals surface area contributed by atoms with Crippen LogP contribution in [0.25, 0.3) is 0 Å². The molecule has 0 amide bonds. The van der Waals surface area contributed by atoms with Crippen molar-refractivity contribution in [2.24, 2.45) is 0 Å². The molecule has 0 aromatic heterocycles. The number of benzene rings is 1. The number of esters is 1. The minimum absolute atomic E-state index is 0.146. The number of fused-ring (bicyclic) bond motifs is 2. The molecule has 2 heterocycles. The SMILES string of the molecule is COC(=O)C1(Nc2cccc(Br)c2)CC2CCC(C1)N2C. The van der Waals surface area contributed by atoms with E-state index in [2.05, 4.69) is 33.2 Å². The van der Waals surface area contributed by atoms with Crippen molar-refractivity contribution in [3.63, 3.8) is 0 Å². The lowest BCUT2D eigenvalue weighted by molar-refractivity contribution is -0.148. The Balaban J connectivity index is 1.90. The van der Waals surface area contributed by atoms with E-state index in [9.17, 15) is 4.79 Å². The topological polar surface area (TPSA) is 41.6 Å². The van der Waals surface area contributed by atoms with Crippen molar-refractivity contribution in [3.05, 3.63) is 28.7 Å².